The molecule has 1 saturated carbocycles. The Balaban J connectivity index is 1.90. The Bertz CT molecular complexity index is 1020. The fourth-order valence-corrected chi connectivity index (χ4v) is 4.06. The van der Waals surface area contributed by atoms with Crippen molar-refractivity contribution in [2.45, 2.75) is 56.1 Å². The van der Waals surface area contributed by atoms with E-state index < -0.39 is 15.7 Å². The number of aromatic nitrogens is 2. The number of nitrogens with one attached hydrogen (secondary N) is 2. The minimum atomic E-state index is -3.31. The molecule has 10 heteroatoms. The summed E-state index contributed by atoms with van der Waals surface area (Å²) >= 11 is 0. The number of carbonyl (C=O) groups excluding carboxylic acids is 1. The summed E-state index contributed by atoms with van der Waals surface area (Å²) in [6, 6.07) is 6.29. The van der Waals surface area contributed by atoms with Crippen molar-refractivity contribution in [2.75, 3.05) is 16.9 Å². The van der Waals surface area contributed by atoms with Crippen molar-refractivity contribution in [3.63, 3.8) is 0 Å². The van der Waals surface area contributed by atoms with E-state index in [9.17, 15) is 18.3 Å². The number of primary amides is 1. The molecule has 162 valence electrons. The number of aliphatic hydroxyl groups excluding tert-OH is 1. The molecule has 1 aliphatic carbocycles. The van der Waals surface area contributed by atoms with Crippen LogP contribution in [-0.2, 0) is 16.3 Å². The lowest BCUT2D eigenvalue weighted by Crippen LogP contribution is -2.29. The van der Waals surface area contributed by atoms with E-state index in [1.807, 2.05) is 6.92 Å². The van der Waals surface area contributed by atoms with Crippen molar-refractivity contribution >= 4 is 33.1 Å². The van der Waals surface area contributed by atoms with Crippen molar-refractivity contribution in [3.8, 4) is 0 Å². The topological polar surface area (TPSA) is 147 Å². The van der Waals surface area contributed by atoms with Gasteiger partial charge < -0.3 is 21.5 Å². The molecule has 3 rings (SSSR count). The number of aliphatic hydroxyl groups is 1. The van der Waals surface area contributed by atoms with Gasteiger partial charge in [-0.1, -0.05) is 6.92 Å². The van der Waals surface area contributed by atoms with Crippen LogP contribution in [0.1, 0.15) is 48.8 Å². The van der Waals surface area contributed by atoms with E-state index in [1.54, 1.807) is 12.1 Å². The number of carbonyl (C=O) groups is 1. The third-order valence-electron chi connectivity index (χ3n) is 5.12. The van der Waals surface area contributed by atoms with Crippen molar-refractivity contribution in [2.24, 2.45) is 5.73 Å². The summed E-state index contributed by atoms with van der Waals surface area (Å²) in [7, 11) is -3.31. The summed E-state index contributed by atoms with van der Waals surface area (Å²) < 4.78 is 23.3. The number of aryl methyl sites for hydroxylation is 1. The zero-order chi connectivity index (χ0) is 21.9. The molecule has 1 amide bonds. The molecule has 1 heterocycles. The van der Waals surface area contributed by atoms with Crippen molar-refractivity contribution in [1.29, 1.82) is 0 Å². The van der Waals surface area contributed by atoms with Gasteiger partial charge in [0.05, 0.1) is 16.7 Å². The van der Waals surface area contributed by atoms with E-state index in [0.29, 0.717) is 23.6 Å². The smallest absolute Gasteiger partial charge is 0.271 e. The van der Waals surface area contributed by atoms with E-state index in [4.69, 9.17) is 5.73 Å². The fourth-order valence-electron chi connectivity index (χ4n) is 3.43. The lowest BCUT2D eigenvalue weighted by Gasteiger charge is -2.27. The quantitative estimate of drug-likeness (QED) is 0.518. The third kappa shape index (κ3) is 5.25. The second-order valence-corrected chi connectivity index (χ2v) is 9.52. The Morgan fingerprint density at radius 2 is 1.77 bits per heavy atom. The zero-order valence-electron chi connectivity index (χ0n) is 17.1. The summed E-state index contributed by atoms with van der Waals surface area (Å²) in [5, 5.41) is 16.1. The summed E-state index contributed by atoms with van der Waals surface area (Å²) in [5.74, 6) is 0.0593. The van der Waals surface area contributed by atoms with Crippen molar-refractivity contribution < 1.29 is 18.3 Å². The van der Waals surface area contributed by atoms with Crippen LogP contribution in [-0.4, -0.2) is 47.8 Å². The van der Waals surface area contributed by atoms with Crippen LogP contribution in [0, 0.1) is 0 Å². The molecular weight excluding hydrogens is 406 g/mol. The maximum absolute atomic E-state index is 12.0. The lowest BCUT2D eigenvalue weighted by molar-refractivity contribution is 0.0996. The average Bonchev–Trinajstić information content (AvgIpc) is 2.69. The third-order valence-corrected chi connectivity index (χ3v) is 6.25. The number of nitrogens with two attached hydrogens (primary N) is 1. The number of amides is 1. The van der Waals surface area contributed by atoms with E-state index in [2.05, 4.69) is 20.6 Å². The largest absolute Gasteiger partial charge is 0.393 e. The highest BCUT2D eigenvalue weighted by molar-refractivity contribution is 7.90. The minimum Gasteiger partial charge on any atom is -0.393 e. The molecule has 0 atom stereocenters. The summed E-state index contributed by atoms with van der Waals surface area (Å²) in [6.45, 7) is 1.92. The maximum atomic E-state index is 12.0. The first kappa shape index (κ1) is 22.0. The summed E-state index contributed by atoms with van der Waals surface area (Å²) in [5.41, 5.74) is 6.71. The van der Waals surface area contributed by atoms with Crippen LogP contribution in [0.4, 0.5) is 17.3 Å². The molecule has 0 spiro atoms. The van der Waals surface area contributed by atoms with Gasteiger partial charge in [0.15, 0.2) is 21.3 Å². The van der Waals surface area contributed by atoms with Gasteiger partial charge in [-0.25, -0.2) is 18.4 Å². The van der Waals surface area contributed by atoms with Crippen LogP contribution in [0.15, 0.2) is 29.2 Å². The molecule has 0 bridgehead atoms. The molecule has 1 aliphatic rings. The lowest BCUT2D eigenvalue weighted by atomic mass is 9.93. The molecule has 0 unspecified atom stereocenters. The molecule has 0 saturated heterocycles. The van der Waals surface area contributed by atoms with Crippen molar-refractivity contribution in [1.82, 2.24) is 9.97 Å². The first-order chi connectivity index (χ1) is 14.2. The van der Waals surface area contributed by atoms with Gasteiger partial charge in [-0.15, -0.1) is 0 Å². The van der Waals surface area contributed by atoms with Gasteiger partial charge in [0, 0.05) is 18.0 Å². The SMILES string of the molecule is CCc1nc(C(N)=O)c(Nc2ccc(S(C)(=O)=O)cc2)nc1NC1CCC(O)CC1. The second kappa shape index (κ2) is 8.97. The highest BCUT2D eigenvalue weighted by atomic mass is 32.2. The van der Waals surface area contributed by atoms with Crippen LogP contribution < -0.4 is 16.4 Å². The summed E-state index contributed by atoms with van der Waals surface area (Å²) in [4.78, 5) is 21.1. The standard InChI is InChI=1S/C20H27N5O4S/c1-3-16-19(22-12-4-8-14(26)9-5-12)25-20(17(24-16)18(21)27)23-13-6-10-15(11-7-13)30(2,28)29/h6-7,10-12,14,26H,3-5,8-9H2,1-2H3,(H2,21,27)(H2,22,23,25). The first-order valence-corrected chi connectivity index (χ1v) is 11.8. The van der Waals surface area contributed by atoms with Crippen LogP contribution in [0.25, 0.3) is 0 Å². The number of anilines is 3. The highest BCUT2D eigenvalue weighted by Crippen LogP contribution is 2.26. The first-order valence-electron chi connectivity index (χ1n) is 9.89. The predicted molar refractivity (Wildman–Crippen MR) is 115 cm³/mol. The van der Waals surface area contributed by atoms with Crippen LogP contribution in [0.5, 0.6) is 0 Å². The van der Waals surface area contributed by atoms with Gasteiger partial charge in [0.1, 0.15) is 5.82 Å². The van der Waals surface area contributed by atoms with Crippen LogP contribution in [0.2, 0.25) is 0 Å². The second-order valence-electron chi connectivity index (χ2n) is 7.51. The molecule has 0 aliphatic heterocycles. The Hall–Kier alpha value is -2.72. The monoisotopic (exact) mass is 433 g/mol. The Kier molecular flexibility index (Phi) is 6.57. The van der Waals surface area contributed by atoms with Crippen LogP contribution >= 0.6 is 0 Å². The van der Waals surface area contributed by atoms with Gasteiger partial charge in [-0.2, -0.15) is 0 Å². The number of rotatable bonds is 7. The van der Waals surface area contributed by atoms with E-state index >= 15 is 0 Å². The predicted octanol–water partition coefficient (Wildman–Crippen LogP) is 2.00. The number of sulfone groups is 1. The number of benzene rings is 1. The molecule has 9 nitrogen and oxygen atoms in total. The number of hydrogen-bond acceptors (Lipinski definition) is 8. The van der Waals surface area contributed by atoms with Gasteiger partial charge in [-0.3, -0.25) is 4.79 Å². The molecular formula is C20H27N5O4S. The van der Waals surface area contributed by atoms with E-state index in [-0.39, 0.29) is 28.6 Å². The molecule has 1 aromatic heterocycles. The van der Waals surface area contributed by atoms with Gasteiger partial charge >= 0.3 is 0 Å². The van der Waals surface area contributed by atoms with Gasteiger partial charge in [0.2, 0.25) is 0 Å². The Morgan fingerprint density at radius 1 is 1.13 bits per heavy atom. The minimum absolute atomic E-state index is 0.0173. The molecule has 1 aromatic carbocycles. The van der Waals surface area contributed by atoms with Crippen molar-refractivity contribution in [3.05, 3.63) is 35.7 Å². The van der Waals surface area contributed by atoms with E-state index in [0.717, 1.165) is 31.9 Å². The van der Waals surface area contributed by atoms with Gasteiger partial charge in [-0.05, 0) is 56.4 Å². The fraction of sp³-hybridized carbons (Fsp3) is 0.450. The normalized spacial score (nSPS) is 19.3. The molecule has 1 fully saturated rings. The molecule has 30 heavy (non-hydrogen) atoms. The Labute approximate surface area is 176 Å². The molecule has 2 aromatic rings. The number of nitrogens with zero attached hydrogens (tertiary/aromatic N) is 2. The summed E-state index contributed by atoms with van der Waals surface area (Å²) in [6.07, 6.45) is 4.53. The Morgan fingerprint density at radius 3 is 2.30 bits per heavy atom. The molecule has 0 radical (unpaired) electrons. The van der Waals surface area contributed by atoms with E-state index in [1.165, 1.54) is 12.1 Å². The zero-order valence-corrected chi connectivity index (χ0v) is 17.9. The number of hydrogen-bond donors (Lipinski definition) is 4. The molecule has 5 N–H and O–H groups in total. The maximum Gasteiger partial charge on any atom is 0.271 e. The average molecular weight is 434 g/mol. The van der Waals surface area contributed by atoms with Gasteiger partial charge in [0.25, 0.3) is 5.91 Å². The van der Waals surface area contributed by atoms with Crippen LogP contribution in [0.3, 0.4) is 0 Å². The highest BCUT2D eigenvalue weighted by Gasteiger charge is 2.23.